The van der Waals surface area contributed by atoms with Gasteiger partial charge in [0.25, 0.3) is 0 Å². The van der Waals surface area contributed by atoms with Gasteiger partial charge in [-0.15, -0.1) is 0 Å². The highest BCUT2D eigenvalue weighted by atomic mass is 35.5. The molecular formula is C18H22ClNO2. The molecule has 1 aliphatic rings. The first-order valence-corrected chi connectivity index (χ1v) is 8.30. The van der Waals surface area contributed by atoms with Crippen LogP contribution >= 0.6 is 11.6 Å². The minimum absolute atomic E-state index is 0.00837. The van der Waals surface area contributed by atoms with E-state index < -0.39 is 0 Å². The maximum absolute atomic E-state index is 12.5. The maximum Gasteiger partial charge on any atom is 0.211 e. The van der Waals surface area contributed by atoms with Crippen LogP contribution in [0.1, 0.15) is 60.2 Å². The molecule has 1 aromatic rings. The van der Waals surface area contributed by atoms with E-state index in [4.69, 9.17) is 11.6 Å². The second-order valence-corrected chi connectivity index (χ2v) is 6.07. The number of nitrogens with one attached hydrogen (secondary N) is 1. The van der Waals surface area contributed by atoms with E-state index in [0.29, 0.717) is 23.6 Å². The average molecular weight is 320 g/mol. The molecule has 1 atom stereocenters. The van der Waals surface area contributed by atoms with Crippen molar-refractivity contribution < 1.29 is 9.59 Å². The number of carbonyl (C=O) groups excluding carboxylic acids is 2. The summed E-state index contributed by atoms with van der Waals surface area (Å²) in [4.78, 5) is 24.8. The SMILES string of the molecule is CCCCC(CC)CNC1=C(Cl)C(=O)c2ccccc2C1=O. The third-order valence-corrected chi connectivity index (χ3v) is 4.53. The minimum Gasteiger partial charge on any atom is -0.380 e. The fraction of sp³-hybridized carbons (Fsp3) is 0.444. The van der Waals surface area contributed by atoms with Crippen LogP contribution in [0, 0.1) is 5.92 Å². The third kappa shape index (κ3) is 3.41. The summed E-state index contributed by atoms with van der Waals surface area (Å²) in [5.74, 6) is 0.0171. The van der Waals surface area contributed by atoms with E-state index in [0.717, 1.165) is 19.3 Å². The molecule has 1 N–H and O–H groups in total. The van der Waals surface area contributed by atoms with Crippen molar-refractivity contribution in [2.45, 2.75) is 39.5 Å². The molecule has 0 aromatic heterocycles. The summed E-state index contributed by atoms with van der Waals surface area (Å²) in [6.45, 7) is 4.98. The van der Waals surface area contributed by atoms with Crippen molar-refractivity contribution in [2.75, 3.05) is 6.54 Å². The van der Waals surface area contributed by atoms with Crippen LogP contribution in [0.2, 0.25) is 0 Å². The van der Waals surface area contributed by atoms with Crippen LogP contribution in [0.15, 0.2) is 35.0 Å². The zero-order valence-electron chi connectivity index (χ0n) is 13.1. The van der Waals surface area contributed by atoms with Crippen molar-refractivity contribution in [2.24, 2.45) is 5.92 Å². The fourth-order valence-corrected chi connectivity index (χ4v) is 2.95. The van der Waals surface area contributed by atoms with E-state index in [-0.39, 0.29) is 22.3 Å². The minimum atomic E-state index is -0.277. The molecule has 4 heteroatoms. The topological polar surface area (TPSA) is 46.2 Å². The quantitative estimate of drug-likeness (QED) is 0.814. The highest BCUT2D eigenvalue weighted by molar-refractivity contribution is 6.49. The molecule has 0 heterocycles. The van der Waals surface area contributed by atoms with Gasteiger partial charge in [0.1, 0.15) is 10.7 Å². The van der Waals surface area contributed by atoms with Gasteiger partial charge in [0.05, 0.1) is 0 Å². The van der Waals surface area contributed by atoms with Gasteiger partial charge < -0.3 is 5.32 Å². The average Bonchev–Trinajstić information content (AvgIpc) is 2.55. The smallest absolute Gasteiger partial charge is 0.211 e. The molecule has 2 rings (SSSR count). The van der Waals surface area contributed by atoms with Gasteiger partial charge in [0, 0.05) is 17.7 Å². The second kappa shape index (κ2) is 7.59. The summed E-state index contributed by atoms with van der Waals surface area (Å²) in [7, 11) is 0. The Bertz CT molecular complexity index is 607. The number of halogens is 1. The van der Waals surface area contributed by atoms with Gasteiger partial charge in [-0.25, -0.2) is 0 Å². The molecule has 118 valence electrons. The van der Waals surface area contributed by atoms with Crippen molar-refractivity contribution >= 4 is 23.2 Å². The molecule has 0 saturated carbocycles. The van der Waals surface area contributed by atoms with Crippen LogP contribution in [-0.4, -0.2) is 18.1 Å². The lowest BCUT2D eigenvalue weighted by Crippen LogP contribution is -2.32. The third-order valence-electron chi connectivity index (χ3n) is 4.17. The Morgan fingerprint density at radius 2 is 1.73 bits per heavy atom. The molecule has 0 amide bonds. The van der Waals surface area contributed by atoms with E-state index >= 15 is 0 Å². The summed E-state index contributed by atoms with van der Waals surface area (Å²) in [5.41, 5.74) is 1.07. The van der Waals surface area contributed by atoms with Gasteiger partial charge in [-0.3, -0.25) is 9.59 Å². The maximum atomic E-state index is 12.5. The van der Waals surface area contributed by atoms with E-state index in [2.05, 4.69) is 19.2 Å². The van der Waals surface area contributed by atoms with Crippen LogP contribution in [0.25, 0.3) is 0 Å². The predicted octanol–water partition coefficient (Wildman–Crippen LogP) is 4.32. The highest BCUT2D eigenvalue weighted by Crippen LogP contribution is 2.27. The van der Waals surface area contributed by atoms with E-state index in [1.807, 2.05) is 0 Å². The Balaban J connectivity index is 2.15. The van der Waals surface area contributed by atoms with Crippen LogP contribution in [-0.2, 0) is 0 Å². The Labute approximate surface area is 136 Å². The van der Waals surface area contributed by atoms with Gasteiger partial charge in [0.15, 0.2) is 0 Å². The van der Waals surface area contributed by atoms with E-state index in [9.17, 15) is 9.59 Å². The number of allylic oxidation sites excluding steroid dienone is 2. The molecular weight excluding hydrogens is 298 g/mol. The van der Waals surface area contributed by atoms with Crippen LogP contribution in [0.3, 0.4) is 0 Å². The van der Waals surface area contributed by atoms with Crippen LogP contribution in [0.5, 0.6) is 0 Å². The lowest BCUT2D eigenvalue weighted by atomic mass is 9.92. The summed E-state index contributed by atoms with van der Waals surface area (Å²) in [6, 6.07) is 6.82. The molecule has 1 aromatic carbocycles. The van der Waals surface area contributed by atoms with Gasteiger partial charge in [-0.05, 0) is 12.3 Å². The lowest BCUT2D eigenvalue weighted by Gasteiger charge is -2.21. The van der Waals surface area contributed by atoms with Gasteiger partial charge in [-0.2, -0.15) is 0 Å². The molecule has 0 bridgehead atoms. The van der Waals surface area contributed by atoms with E-state index in [1.54, 1.807) is 24.3 Å². The molecule has 22 heavy (non-hydrogen) atoms. The molecule has 0 fully saturated rings. The Morgan fingerprint density at radius 1 is 1.09 bits per heavy atom. The first-order chi connectivity index (χ1) is 10.6. The number of hydrogen-bond acceptors (Lipinski definition) is 3. The molecule has 3 nitrogen and oxygen atoms in total. The number of carbonyl (C=O) groups is 2. The van der Waals surface area contributed by atoms with Crippen molar-refractivity contribution in [3.8, 4) is 0 Å². The fourth-order valence-electron chi connectivity index (χ4n) is 2.69. The summed E-state index contributed by atoms with van der Waals surface area (Å²) < 4.78 is 0. The molecule has 0 aliphatic heterocycles. The van der Waals surface area contributed by atoms with Crippen molar-refractivity contribution in [3.05, 3.63) is 46.1 Å². The highest BCUT2D eigenvalue weighted by Gasteiger charge is 2.31. The number of fused-ring (bicyclic) bond motifs is 1. The number of benzene rings is 1. The Kier molecular flexibility index (Phi) is 5.78. The van der Waals surface area contributed by atoms with Gasteiger partial charge >= 0.3 is 0 Å². The Hall–Kier alpha value is -1.61. The van der Waals surface area contributed by atoms with Crippen molar-refractivity contribution in [1.82, 2.24) is 5.32 Å². The number of Topliss-reactive ketones (excluding diaryl/α,β-unsaturated/α-hetero) is 2. The first-order valence-electron chi connectivity index (χ1n) is 7.92. The number of ketones is 2. The molecule has 0 radical (unpaired) electrons. The van der Waals surface area contributed by atoms with Crippen LogP contribution < -0.4 is 5.32 Å². The molecule has 1 unspecified atom stereocenters. The summed E-state index contributed by atoms with van der Waals surface area (Å²) in [5, 5.41) is 3.14. The van der Waals surface area contributed by atoms with E-state index in [1.165, 1.54) is 6.42 Å². The largest absolute Gasteiger partial charge is 0.380 e. The van der Waals surface area contributed by atoms with Gasteiger partial charge in [0.2, 0.25) is 11.6 Å². The normalized spacial score (nSPS) is 15.8. The zero-order chi connectivity index (χ0) is 16.1. The Morgan fingerprint density at radius 3 is 2.32 bits per heavy atom. The number of rotatable bonds is 7. The van der Waals surface area contributed by atoms with Crippen molar-refractivity contribution in [3.63, 3.8) is 0 Å². The first kappa shape index (κ1) is 16.8. The summed E-state index contributed by atoms with van der Waals surface area (Å²) >= 11 is 6.13. The van der Waals surface area contributed by atoms with Crippen molar-refractivity contribution in [1.29, 1.82) is 0 Å². The van der Waals surface area contributed by atoms with Crippen LogP contribution in [0.4, 0.5) is 0 Å². The predicted molar refractivity (Wildman–Crippen MR) is 89.3 cm³/mol. The molecule has 0 saturated heterocycles. The number of unbranched alkanes of at least 4 members (excludes halogenated alkanes) is 1. The van der Waals surface area contributed by atoms with Gasteiger partial charge in [-0.1, -0.05) is 69.0 Å². The molecule has 1 aliphatic carbocycles. The zero-order valence-corrected chi connectivity index (χ0v) is 13.9. The number of hydrogen-bond donors (Lipinski definition) is 1. The lowest BCUT2D eigenvalue weighted by molar-refractivity contribution is 0.0974. The standard InChI is InChI=1S/C18H22ClNO2/c1-3-5-8-12(4-2)11-20-16-15(19)17(21)13-9-6-7-10-14(13)18(16)22/h6-7,9-10,12,20H,3-5,8,11H2,1-2H3. The second-order valence-electron chi connectivity index (χ2n) is 5.69. The summed E-state index contributed by atoms with van der Waals surface area (Å²) in [6.07, 6.45) is 4.48. The monoisotopic (exact) mass is 319 g/mol. The molecule has 0 spiro atoms.